The summed E-state index contributed by atoms with van der Waals surface area (Å²) in [4.78, 5) is 4.07. The van der Waals surface area contributed by atoms with Gasteiger partial charge in [-0.2, -0.15) is 11.8 Å². The van der Waals surface area contributed by atoms with Gasteiger partial charge < -0.3 is 5.32 Å². The summed E-state index contributed by atoms with van der Waals surface area (Å²) in [5.41, 5.74) is 1.26. The molecule has 1 aromatic heterocycles. The van der Waals surface area contributed by atoms with Gasteiger partial charge in [-0.05, 0) is 42.8 Å². The summed E-state index contributed by atoms with van der Waals surface area (Å²) < 4.78 is 0. The Morgan fingerprint density at radius 1 is 1.53 bits per heavy atom. The van der Waals surface area contributed by atoms with Crippen molar-refractivity contribution < 1.29 is 0 Å². The van der Waals surface area contributed by atoms with Gasteiger partial charge in [-0.3, -0.25) is 0 Å². The molecule has 0 spiro atoms. The van der Waals surface area contributed by atoms with Crippen molar-refractivity contribution >= 4 is 23.4 Å². The van der Waals surface area contributed by atoms with Crippen LogP contribution in [0.25, 0.3) is 0 Å². The molecule has 4 heteroatoms. The van der Waals surface area contributed by atoms with Crippen LogP contribution in [0.5, 0.6) is 0 Å². The first kappa shape index (κ1) is 11.2. The van der Waals surface area contributed by atoms with E-state index in [1.54, 1.807) is 0 Å². The minimum absolute atomic E-state index is 0.573. The third-order valence-electron chi connectivity index (χ3n) is 2.57. The van der Waals surface area contributed by atoms with E-state index in [0.717, 1.165) is 11.7 Å². The minimum Gasteiger partial charge on any atom is -0.316 e. The molecule has 1 aromatic rings. The van der Waals surface area contributed by atoms with Gasteiger partial charge in [-0.25, -0.2) is 4.98 Å². The van der Waals surface area contributed by atoms with Crippen molar-refractivity contribution in [3.05, 3.63) is 29.0 Å². The van der Waals surface area contributed by atoms with Gasteiger partial charge in [0.05, 0.1) is 0 Å². The Balaban J connectivity index is 1.71. The molecule has 0 radical (unpaired) electrons. The van der Waals surface area contributed by atoms with Crippen LogP contribution < -0.4 is 5.32 Å². The van der Waals surface area contributed by atoms with Gasteiger partial charge in [0.25, 0.3) is 0 Å². The van der Waals surface area contributed by atoms with Gasteiger partial charge >= 0.3 is 0 Å². The highest BCUT2D eigenvalue weighted by atomic mass is 35.5. The van der Waals surface area contributed by atoms with E-state index in [9.17, 15) is 0 Å². The van der Waals surface area contributed by atoms with Crippen LogP contribution in [0.4, 0.5) is 0 Å². The molecule has 0 amide bonds. The zero-order valence-electron chi connectivity index (χ0n) is 8.58. The van der Waals surface area contributed by atoms with Crippen molar-refractivity contribution in [2.45, 2.75) is 12.2 Å². The predicted molar refractivity (Wildman–Crippen MR) is 66.4 cm³/mol. The quantitative estimate of drug-likeness (QED) is 0.822. The second kappa shape index (κ2) is 5.73. The highest BCUT2D eigenvalue weighted by Crippen LogP contribution is 2.19. The van der Waals surface area contributed by atoms with Gasteiger partial charge in [0.15, 0.2) is 0 Å². The van der Waals surface area contributed by atoms with E-state index in [4.69, 9.17) is 11.6 Å². The van der Waals surface area contributed by atoms with E-state index in [1.165, 1.54) is 30.8 Å². The number of nitrogens with zero attached hydrogens (tertiary/aromatic N) is 1. The monoisotopic (exact) mass is 242 g/mol. The van der Waals surface area contributed by atoms with Gasteiger partial charge in [0, 0.05) is 11.9 Å². The maximum absolute atomic E-state index is 5.72. The van der Waals surface area contributed by atoms with Crippen molar-refractivity contribution in [3.8, 4) is 0 Å². The SMILES string of the molecule is Clc1ccc(CSC[C@H]2CCNC2)cn1. The number of aromatic nitrogens is 1. The molecule has 1 N–H and O–H groups in total. The summed E-state index contributed by atoms with van der Waals surface area (Å²) >= 11 is 7.71. The Labute approximate surface area is 99.8 Å². The number of hydrogen-bond donors (Lipinski definition) is 1. The highest BCUT2D eigenvalue weighted by molar-refractivity contribution is 7.98. The lowest BCUT2D eigenvalue weighted by Crippen LogP contribution is -2.10. The topological polar surface area (TPSA) is 24.9 Å². The average Bonchev–Trinajstić information content (AvgIpc) is 2.74. The smallest absolute Gasteiger partial charge is 0.129 e. The summed E-state index contributed by atoms with van der Waals surface area (Å²) in [6.45, 7) is 2.37. The van der Waals surface area contributed by atoms with Crippen molar-refractivity contribution in [3.63, 3.8) is 0 Å². The van der Waals surface area contributed by atoms with Gasteiger partial charge in [-0.15, -0.1) is 0 Å². The van der Waals surface area contributed by atoms with Crippen LogP contribution in [-0.2, 0) is 5.75 Å². The minimum atomic E-state index is 0.573. The second-order valence-corrected chi connectivity index (χ2v) is 5.28. The molecular weight excluding hydrogens is 228 g/mol. The molecule has 0 unspecified atom stereocenters. The van der Waals surface area contributed by atoms with Crippen molar-refractivity contribution in [2.24, 2.45) is 5.92 Å². The zero-order chi connectivity index (χ0) is 10.5. The molecule has 2 heterocycles. The second-order valence-electron chi connectivity index (χ2n) is 3.86. The van der Waals surface area contributed by atoms with Crippen LogP contribution in [-0.4, -0.2) is 23.8 Å². The fourth-order valence-corrected chi connectivity index (χ4v) is 2.95. The van der Waals surface area contributed by atoms with E-state index in [-0.39, 0.29) is 0 Å². The van der Waals surface area contributed by atoms with E-state index in [1.807, 2.05) is 24.0 Å². The van der Waals surface area contributed by atoms with Crippen LogP contribution in [0.3, 0.4) is 0 Å². The van der Waals surface area contributed by atoms with Crippen LogP contribution in [0.2, 0.25) is 5.15 Å². The van der Waals surface area contributed by atoms with Gasteiger partial charge in [0.2, 0.25) is 0 Å². The lowest BCUT2D eigenvalue weighted by molar-refractivity contribution is 0.662. The molecule has 15 heavy (non-hydrogen) atoms. The number of rotatable bonds is 4. The fourth-order valence-electron chi connectivity index (χ4n) is 1.69. The predicted octanol–water partition coefficient (Wildman–Crippen LogP) is 2.58. The average molecular weight is 243 g/mol. The molecule has 1 aliphatic rings. The largest absolute Gasteiger partial charge is 0.316 e. The standard InChI is InChI=1S/C11H15ClN2S/c12-11-2-1-9(6-14-11)7-15-8-10-3-4-13-5-10/h1-2,6,10,13H,3-5,7-8H2/t10-/m0/s1. The molecule has 0 saturated carbocycles. The number of nitrogens with one attached hydrogen (secondary N) is 1. The van der Waals surface area contributed by atoms with E-state index >= 15 is 0 Å². The van der Waals surface area contributed by atoms with E-state index < -0.39 is 0 Å². The summed E-state index contributed by atoms with van der Waals surface area (Å²) in [6, 6.07) is 3.91. The van der Waals surface area contributed by atoms with Crippen molar-refractivity contribution in [1.29, 1.82) is 0 Å². The summed E-state index contributed by atoms with van der Waals surface area (Å²) in [5, 5.41) is 3.96. The Hall–Kier alpha value is -0.250. The molecule has 1 atom stereocenters. The lowest BCUT2D eigenvalue weighted by atomic mass is 10.2. The molecule has 1 fully saturated rings. The number of thioether (sulfide) groups is 1. The summed E-state index contributed by atoms with van der Waals surface area (Å²) in [6.07, 6.45) is 3.19. The third kappa shape index (κ3) is 3.67. The van der Waals surface area contributed by atoms with E-state index in [2.05, 4.69) is 16.4 Å². The molecule has 2 nitrogen and oxygen atoms in total. The molecule has 82 valence electrons. The fraction of sp³-hybridized carbons (Fsp3) is 0.545. The maximum Gasteiger partial charge on any atom is 0.129 e. The number of pyridine rings is 1. The van der Waals surface area contributed by atoms with Gasteiger partial charge in [-0.1, -0.05) is 17.7 Å². The molecular formula is C11H15ClN2S. The molecule has 1 saturated heterocycles. The normalized spacial score (nSPS) is 20.7. The summed E-state index contributed by atoms with van der Waals surface area (Å²) in [5.74, 6) is 3.14. The Morgan fingerprint density at radius 2 is 2.47 bits per heavy atom. The number of hydrogen-bond acceptors (Lipinski definition) is 3. The number of halogens is 1. The highest BCUT2D eigenvalue weighted by Gasteiger charge is 2.13. The molecule has 2 rings (SSSR count). The van der Waals surface area contributed by atoms with Crippen LogP contribution in [0, 0.1) is 5.92 Å². The zero-order valence-corrected chi connectivity index (χ0v) is 10.2. The van der Waals surface area contributed by atoms with Crippen molar-refractivity contribution in [2.75, 3.05) is 18.8 Å². The first-order valence-corrected chi connectivity index (χ1v) is 6.77. The molecule has 1 aliphatic heterocycles. The van der Waals surface area contributed by atoms with Crippen LogP contribution in [0.15, 0.2) is 18.3 Å². The first-order chi connectivity index (χ1) is 7.34. The molecule has 0 aromatic carbocycles. The van der Waals surface area contributed by atoms with Gasteiger partial charge in [0.1, 0.15) is 5.15 Å². The summed E-state index contributed by atoms with van der Waals surface area (Å²) in [7, 11) is 0. The Bertz CT molecular complexity index is 296. The molecule has 0 bridgehead atoms. The Morgan fingerprint density at radius 3 is 3.13 bits per heavy atom. The first-order valence-electron chi connectivity index (χ1n) is 5.23. The molecule has 0 aliphatic carbocycles. The van der Waals surface area contributed by atoms with Crippen molar-refractivity contribution in [1.82, 2.24) is 10.3 Å². The lowest BCUT2D eigenvalue weighted by Gasteiger charge is -2.07. The van der Waals surface area contributed by atoms with Crippen LogP contribution >= 0.6 is 23.4 Å². The van der Waals surface area contributed by atoms with E-state index in [0.29, 0.717) is 5.15 Å². The van der Waals surface area contributed by atoms with Crippen LogP contribution in [0.1, 0.15) is 12.0 Å². The maximum atomic E-state index is 5.72. The Kier molecular flexibility index (Phi) is 4.29. The third-order valence-corrected chi connectivity index (χ3v) is 4.04.